The number of hydrogen-bond donors (Lipinski definition) is 2. The number of aromatic nitrogens is 3. The molecule has 0 saturated carbocycles. The number of hydrogen-bond acceptors (Lipinski definition) is 6. The molecule has 0 fully saturated rings. The average molecular weight is 388 g/mol. The van der Waals surface area contributed by atoms with Gasteiger partial charge in [0.1, 0.15) is 0 Å². The van der Waals surface area contributed by atoms with Gasteiger partial charge < -0.3 is 11.2 Å². The maximum atomic E-state index is 12.4. The molecule has 0 aliphatic rings. The number of benzene rings is 1. The predicted molar refractivity (Wildman–Crippen MR) is 106 cm³/mol. The number of rotatable bonds is 7. The van der Waals surface area contributed by atoms with Crippen molar-refractivity contribution in [3.05, 3.63) is 53.4 Å². The number of carbonyl (C=O) groups is 1. The maximum absolute atomic E-state index is 12.4. The van der Waals surface area contributed by atoms with Crippen LogP contribution in [0.15, 0.2) is 53.0 Å². The summed E-state index contributed by atoms with van der Waals surface area (Å²) in [4.78, 5) is 13.4. The van der Waals surface area contributed by atoms with Crippen LogP contribution in [0.3, 0.4) is 0 Å². The van der Waals surface area contributed by atoms with E-state index in [1.165, 1.54) is 16.4 Å². The van der Waals surface area contributed by atoms with Gasteiger partial charge in [0.15, 0.2) is 5.82 Å². The van der Waals surface area contributed by atoms with Crippen molar-refractivity contribution in [2.75, 3.05) is 11.6 Å². The summed E-state index contributed by atoms with van der Waals surface area (Å²) in [6, 6.07) is 13.8. The number of amides is 1. The minimum atomic E-state index is -0.0572. The first-order valence-corrected chi connectivity index (χ1v) is 10.1. The number of nitrogens with two attached hydrogens (primary N) is 1. The van der Waals surface area contributed by atoms with E-state index in [0.29, 0.717) is 11.0 Å². The summed E-state index contributed by atoms with van der Waals surface area (Å²) in [5.74, 6) is 7.13. The highest BCUT2D eigenvalue weighted by molar-refractivity contribution is 7.99. The largest absolute Gasteiger partial charge is 0.348 e. The summed E-state index contributed by atoms with van der Waals surface area (Å²) in [6.07, 6.45) is 0. The van der Waals surface area contributed by atoms with Gasteiger partial charge in [-0.2, -0.15) is 0 Å². The van der Waals surface area contributed by atoms with Crippen LogP contribution in [-0.4, -0.2) is 26.5 Å². The Morgan fingerprint density at radius 3 is 2.65 bits per heavy atom. The van der Waals surface area contributed by atoms with Gasteiger partial charge in [0.05, 0.1) is 16.7 Å². The zero-order valence-electron chi connectivity index (χ0n) is 14.6. The molecule has 0 saturated heterocycles. The van der Waals surface area contributed by atoms with Crippen molar-refractivity contribution in [3.8, 4) is 10.7 Å². The molecule has 3 rings (SSSR count). The van der Waals surface area contributed by atoms with Crippen molar-refractivity contribution in [3.63, 3.8) is 0 Å². The molecule has 0 spiro atoms. The van der Waals surface area contributed by atoms with Crippen molar-refractivity contribution < 1.29 is 4.79 Å². The van der Waals surface area contributed by atoms with Gasteiger partial charge in [-0.15, -0.1) is 21.5 Å². The Morgan fingerprint density at radius 1 is 1.23 bits per heavy atom. The number of nitrogens with zero attached hydrogens (tertiary/aromatic N) is 3. The van der Waals surface area contributed by atoms with Gasteiger partial charge in [-0.3, -0.25) is 4.79 Å². The monoisotopic (exact) mass is 387 g/mol. The minimum Gasteiger partial charge on any atom is -0.348 e. The van der Waals surface area contributed by atoms with Gasteiger partial charge in [0.25, 0.3) is 0 Å². The van der Waals surface area contributed by atoms with E-state index in [1.807, 2.05) is 47.8 Å². The Bertz CT molecular complexity index is 846. The lowest BCUT2D eigenvalue weighted by Gasteiger charge is -2.22. The predicted octanol–water partition coefficient (Wildman–Crippen LogP) is 3.33. The Morgan fingerprint density at radius 2 is 2.00 bits per heavy atom. The van der Waals surface area contributed by atoms with Crippen molar-refractivity contribution >= 4 is 29.0 Å². The number of thiophene rings is 1. The molecule has 0 bridgehead atoms. The fourth-order valence-electron chi connectivity index (χ4n) is 2.59. The van der Waals surface area contributed by atoms with Gasteiger partial charge in [-0.1, -0.05) is 62.0 Å². The van der Waals surface area contributed by atoms with Crippen LogP contribution in [0.25, 0.3) is 10.7 Å². The zero-order chi connectivity index (χ0) is 18.5. The van der Waals surface area contributed by atoms with Crippen molar-refractivity contribution in [1.29, 1.82) is 0 Å². The van der Waals surface area contributed by atoms with E-state index in [1.54, 1.807) is 11.3 Å². The lowest BCUT2D eigenvalue weighted by atomic mass is 9.96. The molecule has 1 atom stereocenters. The number of nitrogens with one attached hydrogen (secondary N) is 1. The molecule has 1 aromatic carbocycles. The lowest BCUT2D eigenvalue weighted by molar-refractivity contribution is -0.119. The van der Waals surface area contributed by atoms with E-state index in [4.69, 9.17) is 5.84 Å². The summed E-state index contributed by atoms with van der Waals surface area (Å²) < 4.78 is 1.43. The van der Waals surface area contributed by atoms with Crippen LogP contribution in [-0.2, 0) is 4.79 Å². The highest BCUT2D eigenvalue weighted by Gasteiger charge is 2.19. The summed E-state index contributed by atoms with van der Waals surface area (Å²) in [7, 11) is 0. The van der Waals surface area contributed by atoms with Crippen LogP contribution < -0.4 is 11.2 Å². The van der Waals surface area contributed by atoms with Crippen LogP contribution in [0, 0.1) is 5.92 Å². The molecular formula is C18H21N5OS2. The summed E-state index contributed by atoms with van der Waals surface area (Å²) in [6.45, 7) is 4.18. The molecular weight excluding hydrogens is 366 g/mol. The maximum Gasteiger partial charge on any atom is 0.230 e. The van der Waals surface area contributed by atoms with Gasteiger partial charge in [-0.25, -0.2) is 4.68 Å². The van der Waals surface area contributed by atoms with E-state index in [9.17, 15) is 4.79 Å². The fraction of sp³-hybridized carbons (Fsp3) is 0.278. The van der Waals surface area contributed by atoms with Gasteiger partial charge in [0.2, 0.25) is 11.1 Å². The van der Waals surface area contributed by atoms with Gasteiger partial charge >= 0.3 is 0 Å². The third-order valence-electron chi connectivity index (χ3n) is 3.88. The first-order valence-electron chi connectivity index (χ1n) is 8.27. The molecule has 3 aromatic rings. The molecule has 0 radical (unpaired) electrons. The average Bonchev–Trinajstić information content (AvgIpc) is 3.28. The standard InChI is InChI=1S/C18H21N5OS2/c1-12(2)16(13-7-4-3-5-8-13)20-15(24)11-26-18-22-21-17(23(18)19)14-9-6-10-25-14/h3-10,12,16H,11,19H2,1-2H3,(H,20,24). The van der Waals surface area contributed by atoms with E-state index in [0.717, 1.165) is 10.4 Å². The van der Waals surface area contributed by atoms with Crippen LogP contribution in [0.2, 0.25) is 0 Å². The van der Waals surface area contributed by atoms with Gasteiger partial charge in [0, 0.05) is 0 Å². The lowest BCUT2D eigenvalue weighted by Crippen LogP contribution is -2.33. The van der Waals surface area contributed by atoms with Crippen molar-refractivity contribution in [2.24, 2.45) is 5.92 Å². The number of thioether (sulfide) groups is 1. The van der Waals surface area contributed by atoms with Crippen LogP contribution in [0.4, 0.5) is 0 Å². The highest BCUT2D eigenvalue weighted by atomic mass is 32.2. The zero-order valence-corrected chi connectivity index (χ0v) is 16.3. The second-order valence-electron chi connectivity index (χ2n) is 6.14. The van der Waals surface area contributed by atoms with Crippen molar-refractivity contribution in [1.82, 2.24) is 20.2 Å². The molecule has 8 heteroatoms. The van der Waals surface area contributed by atoms with Crippen LogP contribution in [0.5, 0.6) is 0 Å². The van der Waals surface area contributed by atoms with Crippen LogP contribution in [0.1, 0.15) is 25.5 Å². The molecule has 136 valence electrons. The van der Waals surface area contributed by atoms with E-state index in [-0.39, 0.29) is 23.6 Å². The Hall–Kier alpha value is -2.32. The summed E-state index contributed by atoms with van der Waals surface area (Å²) in [5.41, 5.74) is 1.10. The number of nitrogen functional groups attached to an aromatic ring is 1. The third-order valence-corrected chi connectivity index (χ3v) is 5.69. The Labute approximate surface area is 160 Å². The highest BCUT2D eigenvalue weighted by Crippen LogP contribution is 2.25. The SMILES string of the molecule is CC(C)C(NC(=O)CSc1nnc(-c2cccs2)n1N)c1ccccc1. The molecule has 1 amide bonds. The quantitative estimate of drug-likeness (QED) is 0.480. The van der Waals surface area contributed by atoms with Crippen molar-refractivity contribution in [2.45, 2.75) is 25.0 Å². The molecule has 0 aliphatic carbocycles. The van der Waals surface area contributed by atoms with E-state index in [2.05, 4.69) is 29.4 Å². The van der Waals surface area contributed by atoms with Crippen LogP contribution >= 0.6 is 23.1 Å². The molecule has 26 heavy (non-hydrogen) atoms. The molecule has 3 N–H and O–H groups in total. The summed E-state index contributed by atoms with van der Waals surface area (Å²) >= 11 is 2.82. The second-order valence-corrected chi connectivity index (χ2v) is 8.03. The minimum absolute atomic E-state index is 0.0262. The molecule has 2 aromatic heterocycles. The fourth-order valence-corrected chi connectivity index (χ4v) is 3.96. The van der Waals surface area contributed by atoms with E-state index < -0.39 is 0 Å². The topological polar surface area (TPSA) is 85.8 Å². The first-order chi connectivity index (χ1) is 12.6. The summed E-state index contributed by atoms with van der Waals surface area (Å²) in [5, 5.41) is 13.8. The third kappa shape index (κ3) is 4.25. The number of carbonyl (C=O) groups excluding carboxylic acids is 1. The Kier molecular flexibility index (Phi) is 5.95. The molecule has 6 nitrogen and oxygen atoms in total. The normalized spacial score (nSPS) is 12.3. The molecule has 2 heterocycles. The second kappa shape index (κ2) is 8.37. The Balaban J connectivity index is 1.62. The molecule has 1 unspecified atom stereocenters. The molecule has 0 aliphatic heterocycles. The first kappa shape index (κ1) is 18.5. The van der Waals surface area contributed by atoms with Gasteiger partial charge in [-0.05, 0) is 22.9 Å². The van der Waals surface area contributed by atoms with E-state index >= 15 is 0 Å². The smallest absolute Gasteiger partial charge is 0.230 e.